The fourth-order valence-electron chi connectivity index (χ4n) is 2.50. The van der Waals surface area contributed by atoms with Crippen LogP contribution in [0.1, 0.15) is 11.1 Å². The van der Waals surface area contributed by atoms with Crippen LogP contribution in [0, 0.1) is 0 Å². The number of fused-ring (bicyclic) bond motifs is 3. The summed E-state index contributed by atoms with van der Waals surface area (Å²) in [6, 6.07) is 14.7. The lowest BCUT2D eigenvalue weighted by Gasteiger charge is -2.07. The number of methoxy groups -OCH3 is 1. The van der Waals surface area contributed by atoms with Crippen LogP contribution >= 0.6 is 0 Å². The molecule has 0 amide bonds. The van der Waals surface area contributed by atoms with Crippen molar-refractivity contribution in [1.82, 2.24) is 0 Å². The summed E-state index contributed by atoms with van der Waals surface area (Å²) in [7, 11) is 1.39. The van der Waals surface area contributed by atoms with Gasteiger partial charge in [-0.25, -0.2) is 0 Å². The number of hydrogen-bond acceptors (Lipinski definition) is 3. The number of benzene rings is 2. The number of anilines is 1. The quantitative estimate of drug-likeness (QED) is 0.729. The average Bonchev–Trinajstić information content (AvgIpc) is 2.82. The minimum Gasteiger partial charge on any atom is -0.468 e. The first-order valence-electron chi connectivity index (χ1n) is 6.30. The van der Waals surface area contributed by atoms with E-state index in [0.717, 1.165) is 12.1 Å². The van der Waals surface area contributed by atoms with Gasteiger partial charge in [0.15, 0.2) is 0 Å². The maximum atomic E-state index is 11.1. The Hall–Kier alpha value is -2.29. The van der Waals surface area contributed by atoms with Gasteiger partial charge in [-0.2, -0.15) is 0 Å². The molecule has 2 aromatic rings. The Labute approximate surface area is 112 Å². The van der Waals surface area contributed by atoms with Crippen LogP contribution in [0.3, 0.4) is 0 Å². The average molecular weight is 253 g/mol. The van der Waals surface area contributed by atoms with Gasteiger partial charge in [0.1, 0.15) is 6.54 Å². The van der Waals surface area contributed by atoms with Crippen molar-refractivity contribution in [3.63, 3.8) is 0 Å². The van der Waals surface area contributed by atoms with Crippen molar-refractivity contribution in [2.24, 2.45) is 0 Å². The zero-order valence-electron chi connectivity index (χ0n) is 10.8. The number of nitrogens with one attached hydrogen (secondary N) is 1. The molecule has 1 N–H and O–H groups in total. The summed E-state index contributed by atoms with van der Waals surface area (Å²) in [4.78, 5) is 11.1. The second-order valence-electron chi connectivity index (χ2n) is 4.64. The maximum Gasteiger partial charge on any atom is 0.325 e. The molecular formula is C16H15NO2. The first-order chi connectivity index (χ1) is 9.28. The number of esters is 1. The fourth-order valence-corrected chi connectivity index (χ4v) is 2.50. The lowest BCUT2D eigenvalue weighted by molar-refractivity contribution is -0.138. The molecule has 0 radical (unpaired) electrons. The lowest BCUT2D eigenvalue weighted by atomic mass is 10.1. The third kappa shape index (κ3) is 2.19. The molecule has 0 atom stereocenters. The second kappa shape index (κ2) is 4.76. The third-order valence-corrected chi connectivity index (χ3v) is 3.46. The van der Waals surface area contributed by atoms with E-state index in [-0.39, 0.29) is 12.5 Å². The van der Waals surface area contributed by atoms with Gasteiger partial charge in [-0.1, -0.05) is 30.3 Å². The third-order valence-electron chi connectivity index (χ3n) is 3.46. The molecule has 0 unspecified atom stereocenters. The van der Waals surface area contributed by atoms with Gasteiger partial charge >= 0.3 is 5.97 Å². The molecular weight excluding hydrogens is 238 g/mol. The number of rotatable bonds is 3. The van der Waals surface area contributed by atoms with Gasteiger partial charge in [0.05, 0.1) is 7.11 Å². The van der Waals surface area contributed by atoms with E-state index in [2.05, 4.69) is 46.5 Å². The molecule has 0 aromatic heterocycles. The SMILES string of the molecule is COC(=O)CNc1ccc2c(c1)Cc1ccccc1-2. The maximum absolute atomic E-state index is 11.1. The zero-order chi connectivity index (χ0) is 13.2. The summed E-state index contributed by atoms with van der Waals surface area (Å²) in [5.41, 5.74) is 6.23. The highest BCUT2D eigenvalue weighted by Gasteiger charge is 2.17. The van der Waals surface area contributed by atoms with E-state index in [9.17, 15) is 4.79 Å². The van der Waals surface area contributed by atoms with Crippen LogP contribution < -0.4 is 5.32 Å². The summed E-state index contributed by atoms with van der Waals surface area (Å²) in [6.45, 7) is 0.197. The van der Waals surface area contributed by atoms with Crippen LogP contribution in [0.25, 0.3) is 11.1 Å². The van der Waals surface area contributed by atoms with Crippen molar-refractivity contribution in [2.45, 2.75) is 6.42 Å². The van der Waals surface area contributed by atoms with Crippen LogP contribution in [0.2, 0.25) is 0 Å². The highest BCUT2D eigenvalue weighted by atomic mass is 16.5. The van der Waals surface area contributed by atoms with Crippen LogP contribution in [-0.2, 0) is 16.0 Å². The van der Waals surface area contributed by atoms with Gasteiger partial charge in [-0.05, 0) is 40.8 Å². The number of carbonyl (C=O) groups excluding carboxylic acids is 1. The van der Waals surface area contributed by atoms with Gasteiger partial charge < -0.3 is 10.1 Å². The predicted octanol–water partition coefficient (Wildman–Crippen LogP) is 2.84. The van der Waals surface area contributed by atoms with Crippen molar-refractivity contribution >= 4 is 11.7 Å². The largest absolute Gasteiger partial charge is 0.468 e. The summed E-state index contributed by atoms with van der Waals surface area (Å²) >= 11 is 0. The smallest absolute Gasteiger partial charge is 0.325 e. The summed E-state index contributed by atoms with van der Waals surface area (Å²) in [5, 5.41) is 3.08. The summed E-state index contributed by atoms with van der Waals surface area (Å²) in [5.74, 6) is -0.260. The number of hydrogen-bond donors (Lipinski definition) is 1. The molecule has 3 rings (SSSR count). The molecule has 0 fully saturated rings. The van der Waals surface area contributed by atoms with Gasteiger partial charge in [0, 0.05) is 5.69 Å². The Morgan fingerprint density at radius 1 is 1.16 bits per heavy atom. The van der Waals surface area contributed by atoms with Crippen LogP contribution in [0.4, 0.5) is 5.69 Å². The first-order valence-corrected chi connectivity index (χ1v) is 6.30. The Kier molecular flexibility index (Phi) is 2.95. The van der Waals surface area contributed by atoms with E-state index in [1.165, 1.54) is 29.4 Å². The van der Waals surface area contributed by atoms with Gasteiger partial charge in [0.2, 0.25) is 0 Å². The van der Waals surface area contributed by atoms with Gasteiger partial charge in [-0.3, -0.25) is 4.79 Å². The normalized spacial score (nSPS) is 11.6. The molecule has 3 nitrogen and oxygen atoms in total. The van der Waals surface area contributed by atoms with E-state index in [1.54, 1.807) is 0 Å². The summed E-state index contributed by atoms with van der Waals surface area (Å²) in [6.07, 6.45) is 0.958. The standard InChI is InChI=1S/C16H15NO2/c1-19-16(18)10-17-13-6-7-15-12(9-13)8-11-4-2-3-5-14(11)15/h2-7,9,17H,8,10H2,1H3. The molecule has 2 aromatic carbocycles. The molecule has 0 bridgehead atoms. The highest BCUT2D eigenvalue weighted by molar-refractivity contribution is 5.79. The number of ether oxygens (including phenoxy) is 1. The minimum atomic E-state index is -0.260. The fraction of sp³-hybridized carbons (Fsp3) is 0.188. The lowest BCUT2D eigenvalue weighted by Crippen LogP contribution is -2.14. The molecule has 3 heteroatoms. The van der Waals surface area contributed by atoms with Gasteiger partial charge in [0.25, 0.3) is 0 Å². The van der Waals surface area contributed by atoms with Crippen LogP contribution in [-0.4, -0.2) is 19.6 Å². The van der Waals surface area contributed by atoms with Gasteiger partial charge in [-0.15, -0.1) is 0 Å². The first kappa shape index (κ1) is 11.8. The molecule has 0 aliphatic heterocycles. The number of carbonyl (C=O) groups is 1. The van der Waals surface area contributed by atoms with Crippen molar-refractivity contribution < 1.29 is 9.53 Å². The Morgan fingerprint density at radius 3 is 2.79 bits per heavy atom. The minimum absolute atomic E-state index is 0.197. The van der Waals surface area contributed by atoms with Crippen molar-refractivity contribution in [3.8, 4) is 11.1 Å². The molecule has 0 saturated heterocycles. The van der Waals surface area contributed by atoms with E-state index >= 15 is 0 Å². The Morgan fingerprint density at radius 2 is 1.95 bits per heavy atom. The van der Waals surface area contributed by atoms with Crippen LogP contribution in [0.15, 0.2) is 42.5 Å². The zero-order valence-corrected chi connectivity index (χ0v) is 10.8. The molecule has 1 aliphatic rings. The molecule has 0 spiro atoms. The molecule has 0 heterocycles. The van der Waals surface area contributed by atoms with E-state index in [4.69, 9.17) is 0 Å². The topological polar surface area (TPSA) is 38.3 Å². The van der Waals surface area contributed by atoms with Crippen LogP contribution in [0.5, 0.6) is 0 Å². The monoisotopic (exact) mass is 253 g/mol. The van der Waals surface area contributed by atoms with Crippen molar-refractivity contribution in [1.29, 1.82) is 0 Å². The van der Waals surface area contributed by atoms with Crippen molar-refractivity contribution in [2.75, 3.05) is 19.0 Å². The summed E-state index contributed by atoms with van der Waals surface area (Å²) < 4.78 is 4.61. The Balaban J connectivity index is 1.83. The second-order valence-corrected chi connectivity index (χ2v) is 4.64. The molecule has 19 heavy (non-hydrogen) atoms. The predicted molar refractivity (Wildman–Crippen MR) is 75.2 cm³/mol. The molecule has 96 valence electrons. The van der Waals surface area contributed by atoms with E-state index in [1.807, 2.05) is 6.07 Å². The van der Waals surface area contributed by atoms with Crippen molar-refractivity contribution in [3.05, 3.63) is 53.6 Å². The molecule has 0 saturated carbocycles. The molecule has 1 aliphatic carbocycles. The van der Waals surface area contributed by atoms with E-state index < -0.39 is 0 Å². The van der Waals surface area contributed by atoms with E-state index in [0.29, 0.717) is 0 Å². The highest BCUT2D eigenvalue weighted by Crippen LogP contribution is 2.37. The Bertz CT molecular complexity index is 634.